The van der Waals surface area contributed by atoms with Crippen molar-refractivity contribution >= 4 is 0 Å². The third-order valence-electron chi connectivity index (χ3n) is 3.49. The van der Waals surface area contributed by atoms with E-state index in [1.54, 1.807) is 0 Å². The second-order valence-corrected chi connectivity index (χ2v) is 6.07. The van der Waals surface area contributed by atoms with Crippen molar-refractivity contribution in [2.75, 3.05) is 6.54 Å². The lowest BCUT2D eigenvalue weighted by molar-refractivity contribution is 0.252. The number of rotatable bonds is 7. The summed E-state index contributed by atoms with van der Waals surface area (Å²) in [5.74, 6) is 0. The van der Waals surface area contributed by atoms with Crippen LogP contribution >= 0.6 is 0 Å². The van der Waals surface area contributed by atoms with E-state index in [4.69, 9.17) is 5.73 Å². The molecule has 1 nitrogen and oxygen atoms in total. The van der Waals surface area contributed by atoms with Gasteiger partial charge in [-0.05, 0) is 36.6 Å². The smallest absolute Gasteiger partial charge is 0.00722 e. The van der Waals surface area contributed by atoms with E-state index in [1.165, 1.54) is 25.7 Å². The quantitative estimate of drug-likeness (QED) is 0.659. The van der Waals surface area contributed by atoms with Gasteiger partial charge in [0.15, 0.2) is 0 Å². The molecule has 0 aromatic rings. The maximum atomic E-state index is 5.60. The van der Waals surface area contributed by atoms with Gasteiger partial charge in [0.05, 0.1) is 0 Å². The van der Waals surface area contributed by atoms with Crippen molar-refractivity contribution in [3.05, 3.63) is 0 Å². The summed E-state index contributed by atoms with van der Waals surface area (Å²) >= 11 is 0. The highest BCUT2D eigenvalue weighted by Gasteiger charge is 2.19. The molecular weight excluding hydrogens is 170 g/mol. The normalized spacial score (nSPS) is 13.3. The molecule has 0 saturated heterocycles. The summed E-state index contributed by atoms with van der Waals surface area (Å²) in [4.78, 5) is 0. The summed E-state index contributed by atoms with van der Waals surface area (Å²) in [7, 11) is 0. The maximum absolute atomic E-state index is 5.60. The average Bonchev–Trinajstić information content (AvgIpc) is 2.03. The number of hydrogen-bond acceptors (Lipinski definition) is 1. The van der Waals surface area contributed by atoms with E-state index in [1.807, 2.05) is 0 Å². The Labute approximate surface area is 90.5 Å². The summed E-state index contributed by atoms with van der Waals surface area (Å²) in [5.41, 5.74) is 6.57. The van der Waals surface area contributed by atoms with Crippen molar-refractivity contribution in [2.45, 2.75) is 66.7 Å². The van der Waals surface area contributed by atoms with E-state index in [9.17, 15) is 0 Å². The molecule has 0 amide bonds. The van der Waals surface area contributed by atoms with Crippen molar-refractivity contribution in [1.82, 2.24) is 0 Å². The first-order valence-corrected chi connectivity index (χ1v) is 6.03. The lowest BCUT2D eigenvalue weighted by atomic mass is 9.79. The largest absolute Gasteiger partial charge is 0.330 e. The van der Waals surface area contributed by atoms with Gasteiger partial charge >= 0.3 is 0 Å². The molecule has 0 heterocycles. The van der Waals surface area contributed by atoms with Crippen molar-refractivity contribution in [1.29, 1.82) is 0 Å². The number of hydrogen-bond donors (Lipinski definition) is 1. The van der Waals surface area contributed by atoms with Crippen LogP contribution < -0.4 is 5.73 Å². The van der Waals surface area contributed by atoms with E-state index in [2.05, 4.69) is 34.6 Å². The zero-order chi connectivity index (χ0) is 11.2. The Hall–Kier alpha value is -0.0400. The molecule has 0 aliphatic heterocycles. The van der Waals surface area contributed by atoms with Crippen LogP contribution in [0.15, 0.2) is 0 Å². The van der Waals surface area contributed by atoms with E-state index in [0.717, 1.165) is 13.0 Å². The summed E-state index contributed by atoms with van der Waals surface area (Å²) in [6.07, 6.45) is 6.43. The van der Waals surface area contributed by atoms with Gasteiger partial charge < -0.3 is 5.73 Å². The first-order chi connectivity index (χ1) is 6.33. The van der Waals surface area contributed by atoms with Crippen molar-refractivity contribution in [2.24, 2.45) is 16.6 Å². The van der Waals surface area contributed by atoms with Crippen LogP contribution in [0.5, 0.6) is 0 Å². The van der Waals surface area contributed by atoms with Gasteiger partial charge in [-0.2, -0.15) is 0 Å². The minimum absolute atomic E-state index is 0.443. The Morgan fingerprint density at radius 2 is 1.36 bits per heavy atom. The van der Waals surface area contributed by atoms with Crippen LogP contribution in [0.4, 0.5) is 0 Å². The molecule has 0 aromatic heterocycles. The van der Waals surface area contributed by atoms with E-state index < -0.39 is 0 Å². The van der Waals surface area contributed by atoms with Crippen LogP contribution in [-0.2, 0) is 0 Å². The Bertz CT molecular complexity index is 147. The summed E-state index contributed by atoms with van der Waals surface area (Å²) in [5, 5.41) is 0. The average molecular weight is 199 g/mol. The van der Waals surface area contributed by atoms with Gasteiger partial charge in [-0.15, -0.1) is 0 Å². The minimum Gasteiger partial charge on any atom is -0.330 e. The molecule has 14 heavy (non-hydrogen) atoms. The van der Waals surface area contributed by atoms with Crippen molar-refractivity contribution < 1.29 is 0 Å². The molecule has 0 aromatic carbocycles. The van der Waals surface area contributed by atoms with Crippen LogP contribution in [-0.4, -0.2) is 6.54 Å². The zero-order valence-electron chi connectivity index (χ0n) is 10.8. The Balaban J connectivity index is 3.73. The zero-order valence-corrected chi connectivity index (χ0v) is 10.8. The fourth-order valence-electron chi connectivity index (χ4n) is 1.74. The fraction of sp³-hybridized carbons (Fsp3) is 1.00. The molecule has 0 fully saturated rings. The molecule has 2 N–H and O–H groups in total. The van der Waals surface area contributed by atoms with Crippen LogP contribution in [0.25, 0.3) is 0 Å². The molecule has 0 aliphatic carbocycles. The highest BCUT2D eigenvalue weighted by atomic mass is 14.5. The third-order valence-corrected chi connectivity index (χ3v) is 3.49. The summed E-state index contributed by atoms with van der Waals surface area (Å²) < 4.78 is 0. The monoisotopic (exact) mass is 199 g/mol. The molecule has 0 bridgehead atoms. The highest BCUT2D eigenvalue weighted by Crippen LogP contribution is 2.32. The Morgan fingerprint density at radius 1 is 0.857 bits per heavy atom. The molecular formula is C13H29N. The molecule has 0 aliphatic rings. The molecule has 1 heteroatoms. The van der Waals surface area contributed by atoms with E-state index in [-0.39, 0.29) is 0 Å². The first kappa shape index (κ1) is 14.0. The minimum atomic E-state index is 0.443. The predicted molar refractivity (Wildman–Crippen MR) is 65.4 cm³/mol. The maximum Gasteiger partial charge on any atom is -0.00722 e. The molecule has 0 atom stereocenters. The predicted octanol–water partition coefficient (Wildman–Crippen LogP) is 3.97. The van der Waals surface area contributed by atoms with Gasteiger partial charge in [-0.1, -0.05) is 47.5 Å². The highest BCUT2D eigenvalue weighted by molar-refractivity contribution is 4.72. The van der Waals surface area contributed by atoms with Crippen LogP contribution in [0.2, 0.25) is 0 Å². The SMILES string of the molecule is CCC(C)(C)CCCC(C)(C)CCN. The first-order valence-electron chi connectivity index (χ1n) is 6.03. The van der Waals surface area contributed by atoms with Gasteiger partial charge in [0.2, 0.25) is 0 Å². The van der Waals surface area contributed by atoms with Crippen LogP contribution in [0.1, 0.15) is 66.7 Å². The lowest BCUT2D eigenvalue weighted by Crippen LogP contribution is -2.18. The molecule has 0 radical (unpaired) electrons. The summed E-state index contributed by atoms with van der Waals surface area (Å²) in [6.45, 7) is 12.5. The van der Waals surface area contributed by atoms with E-state index >= 15 is 0 Å². The second kappa shape index (κ2) is 5.75. The standard InChI is InChI=1S/C13H29N/c1-6-12(2,3)8-7-9-13(4,5)10-11-14/h6-11,14H2,1-5H3. The second-order valence-electron chi connectivity index (χ2n) is 6.07. The van der Waals surface area contributed by atoms with Crippen LogP contribution in [0, 0.1) is 10.8 Å². The Morgan fingerprint density at radius 3 is 1.79 bits per heavy atom. The lowest BCUT2D eigenvalue weighted by Gasteiger charge is -2.27. The Kier molecular flexibility index (Phi) is 5.73. The third kappa shape index (κ3) is 6.42. The van der Waals surface area contributed by atoms with Gasteiger partial charge in [0, 0.05) is 0 Å². The molecule has 0 unspecified atom stereocenters. The van der Waals surface area contributed by atoms with Crippen molar-refractivity contribution in [3.63, 3.8) is 0 Å². The molecule has 0 rings (SSSR count). The van der Waals surface area contributed by atoms with Gasteiger partial charge in [-0.25, -0.2) is 0 Å². The van der Waals surface area contributed by atoms with Crippen molar-refractivity contribution in [3.8, 4) is 0 Å². The molecule has 0 spiro atoms. The van der Waals surface area contributed by atoms with E-state index in [0.29, 0.717) is 10.8 Å². The van der Waals surface area contributed by atoms with Gasteiger partial charge in [-0.3, -0.25) is 0 Å². The van der Waals surface area contributed by atoms with Gasteiger partial charge in [0.1, 0.15) is 0 Å². The van der Waals surface area contributed by atoms with Crippen LogP contribution in [0.3, 0.4) is 0 Å². The topological polar surface area (TPSA) is 26.0 Å². The molecule has 86 valence electrons. The number of nitrogens with two attached hydrogens (primary N) is 1. The molecule has 0 saturated carbocycles. The summed E-state index contributed by atoms with van der Waals surface area (Å²) in [6, 6.07) is 0. The van der Waals surface area contributed by atoms with Gasteiger partial charge in [0.25, 0.3) is 0 Å². The fourth-order valence-corrected chi connectivity index (χ4v) is 1.74.